The number of benzene rings is 1. The molecule has 1 aromatic carbocycles. The topological polar surface area (TPSA) is 91.0 Å². The molecular weight excluding hydrogens is 465 g/mol. The van der Waals surface area contributed by atoms with Crippen LogP contribution in [0.4, 0.5) is 15.9 Å². The van der Waals surface area contributed by atoms with Crippen LogP contribution >= 0.6 is 22.9 Å². The predicted molar refractivity (Wildman–Crippen MR) is 126 cm³/mol. The lowest BCUT2D eigenvalue weighted by atomic mass is 10.1. The third-order valence-electron chi connectivity index (χ3n) is 5.49. The number of nitrogens with zero attached hydrogens (tertiary/aromatic N) is 3. The summed E-state index contributed by atoms with van der Waals surface area (Å²) < 4.78 is 13.6. The molecular formula is C23H17ClFN5O2S. The van der Waals surface area contributed by atoms with Crippen molar-refractivity contribution in [3.8, 4) is 10.6 Å². The molecule has 0 fully saturated rings. The predicted octanol–water partition coefficient (Wildman–Crippen LogP) is 5.09. The van der Waals surface area contributed by atoms with Crippen LogP contribution in [-0.2, 0) is 6.42 Å². The summed E-state index contributed by atoms with van der Waals surface area (Å²) in [6.07, 6.45) is 3.81. The number of pyridine rings is 1. The normalized spacial score (nSPS) is 12.6. The number of amides is 2. The van der Waals surface area contributed by atoms with E-state index in [9.17, 15) is 14.0 Å². The zero-order valence-corrected chi connectivity index (χ0v) is 18.9. The number of nitrogens with one attached hydrogen (secondary N) is 2. The number of aromatic amines is 1. The summed E-state index contributed by atoms with van der Waals surface area (Å²) in [4.78, 5) is 32.8. The number of hydrogen-bond donors (Lipinski definition) is 2. The van der Waals surface area contributed by atoms with Gasteiger partial charge in [-0.2, -0.15) is 5.10 Å². The summed E-state index contributed by atoms with van der Waals surface area (Å²) in [5.74, 6) is -1.21. The smallest absolute Gasteiger partial charge is 0.259 e. The molecule has 1 aliphatic heterocycles. The van der Waals surface area contributed by atoms with Crippen LogP contribution < -0.4 is 10.2 Å². The number of carbonyl (C=O) groups excluding carboxylic acids is 2. The van der Waals surface area contributed by atoms with Crippen molar-refractivity contribution in [1.82, 2.24) is 15.2 Å². The van der Waals surface area contributed by atoms with Crippen LogP contribution in [0.25, 0.3) is 10.6 Å². The molecule has 0 atom stereocenters. The van der Waals surface area contributed by atoms with Gasteiger partial charge in [-0.25, -0.2) is 9.37 Å². The molecule has 0 unspecified atom stereocenters. The number of rotatable bonds is 3. The lowest BCUT2D eigenvalue weighted by molar-refractivity contribution is 0.0986. The second-order valence-electron chi connectivity index (χ2n) is 7.58. The Morgan fingerprint density at radius 3 is 2.91 bits per heavy atom. The fourth-order valence-electron chi connectivity index (χ4n) is 3.78. The molecule has 0 spiro atoms. The van der Waals surface area contributed by atoms with Crippen LogP contribution in [0.15, 0.2) is 48.1 Å². The number of anilines is 2. The summed E-state index contributed by atoms with van der Waals surface area (Å²) in [5, 5.41) is 11.8. The molecule has 7 nitrogen and oxygen atoms in total. The first kappa shape index (κ1) is 21.3. The minimum Gasteiger partial charge on any atom is -0.306 e. The van der Waals surface area contributed by atoms with Gasteiger partial charge in [0.15, 0.2) is 5.82 Å². The van der Waals surface area contributed by atoms with Gasteiger partial charge in [0.2, 0.25) is 0 Å². The minimum atomic E-state index is -0.536. The van der Waals surface area contributed by atoms with E-state index in [1.54, 1.807) is 18.0 Å². The summed E-state index contributed by atoms with van der Waals surface area (Å²) in [7, 11) is 0. The second kappa shape index (κ2) is 8.42. The monoisotopic (exact) mass is 481 g/mol. The quantitative estimate of drug-likeness (QED) is 0.426. The van der Waals surface area contributed by atoms with Crippen LogP contribution in [-0.4, -0.2) is 33.5 Å². The Balaban J connectivity index is 1.40. The highest BCUT2D eigenvalue weighted by molar-refractivity contribution is 7.14. The van der Waals surface area contributed by atoms with Gasteiger partial charge in [0.25, 0.3) is 11.8 Å². The maximum Gasteiger partial charge on any atom is 0.259 e. The number of fused-ring (bicyclic) bond motifs is 3. The van der Waals surface area contributed by atoms with Crippen LogP contribution in [0.1, 0.15) is 31.8 Å². The van der Waals surface area contributed by atoms with Crippen LogP contribution in [0, 0.1) is 12.7 Å². The molecule has 0 radical (unpaired) electrons. The molecule has 0 saturated carbocycles. The molecule has 5 rings (SSSR count). The highest BCUT2D eigenvalue weighted by atomic mass is 35.5. The number of halogens is 2. The molecule has 4 heterocycles. The van der Waals surface area contributed by atoms with E-state index in [0.717, 1.165) is 27.9 Å². The molecule has 33 heavy (non-hydrogen) atoms. The lowest BCUT2D eigenvalue weighted by Gasteiger charge is -2.21. The fourth-order valence-corrected chi connectivity index (χ4v) is 4.92. The number of carbonyl (C=O) groups is 2. The van der Waals surface area contributed by atoms with E-state index in [-0.39, 0.29) is 22.3 Å². The first-order valence-electron chi connectivity index (χ1n) is 10.1. The molecule has 166 valence electrons. The van der Waals surface area contributed by atoms with Crippen molar-refractivity contribution in [2.75, 3.05) is 16.8 Å². The van der Waals surface area contributed by atoms with Gasteiger partial charge in [0, 0.05) is 23.9 Å². The van der Waals surface area contributed by atoms with E-state index in [2.05, 4.69) is 20.5 Å². The number of aromatic nitrogens is 3. The fraction of sp³-hybridized carbons (Fsp3) is 0.130. The zero-order valence-electron chi connectivity index (χ0n) is 17.4. The van der Waals surface area contributed by atoms with Gasteiger partial charge >= 0.3 is 0 Å². The summed E-state index contributed by atoms with van der Waals surface area (Å²) in [5.41, 5.74) is 3.86. The largest absolute Gasteiger partial charge is 0.306 e. The Bertz CT molecular complexity index is 1400. The number of aryl methyl sites for hydroxylation is 1. The highest BCUT2D eigenvalue weighted by Crippen LogP contribution is 2.40. The number of hydrogen-bond acceptors (Lipinski definition) is 5. The van der Waals surface area contributed by atoms with Crippen molar-refractivity contribution in [1.29, 1.82) is 0 Å². The Hall–Kier alpha value is -3.56. The van der Waals surface area contributed by atoms with Crippen molar-refractivity contribution in [2.24, 2.45) is 0 Å². The third-order valence-corrected chi connectivity index (χ3v) is 6.70. The standard InChI is InChI=1S/C23H17ClFN5O2S/c1-12-2-3-15(25)9-16(12)22(31)28-21-17(24)8-14(10-26-21)23(32)30-6-4-13-11-27-29-19(13)20-18(30)5-7-33-20/h2-3,5,7-11H,4,6H2,1H3,(H,27,29)(H,26,28,31). The molecule has 0 aliphatic carbocycles. The number of thiophene rings is 1. The van der Waals surface area contributed by atoms with Gasteiger partial charge in [-0.1, -0.05) is 17.7 Å². The SMILES string of the molecule is Cc1ccc(F)cc1C(=O)Nc1ncc(C(=O)N2CCc3cn[nH]c3-c3sccc32)cc1Cl. The second-order valence-corrected chi connectivity index (χ2v) is 8.90. The maximum atomic E-state index is 13.6. The summed E-state index contributed by atoms with van der Waals surface area (Å²) in [6, 6.07) is 7.33. The van der Waals surface area contributed by atoms with Crippen molar-refractivity contribution in [3.63, 3.8) is 0 Å². The average molecular weight is 482 g/mol. The van der Waals surface area contributed by atoms with Gasteiger partial charge in [-0.3, -0.25) is 14.7 Å². The van der Waals surface area contributed by atoms with E-state index in [0.29, 0.717) is 24.1 Å². The summed E-state index contributed by atoms with van der Waals surface area (Å²) in [6.45, 7) is 2.18. The molecule has 4 aromatic rings. The van der Waals surface area contributed by atoms with Crippen LogP contribution in [0.2, 0.25) is 5.02 Å². The first-order valence-corrected chi connectivity index (χ1v) is 11.3. The van der Waals surface area contributed by atoms with Crippen LogP contribution in [0.3, 0.4) is 0 Å². The molecule has 0 saturated heterocycles. The van der Waals surface area contributed by atoms with E-state index in [4.69, 9.17) is 11.6 Å². The Labute approximate surface area is 197 Å². The van der Waals surface area contributed by atoms with Crippen molar-refractivity contribution >= 4 is 46.3 Å². The van der Waals surface area contributed by atoms with Gasteiger partial charge in [0.05, 0.1) is 33.0 Å². The van der Waals surface area contributed by atoms with Gasteiger partial charge < -0.3 is 10.2 Å². The molecule has 3 aromatic heterocycles. The molecule has 1 aliphatic rings. The molecule has 2 N–H and O–H groups in total. The van der Waals surface area contributed by atoms with Gasteiger partial charge in [0.1, 0.15) is 5.82 Å². The van der Waals surface area contributed by atoms with Crippen molar-refractivity contribution in [3.05, 3.63) is 81.2 Å². The maximum absolute atomic E-state index is 13.6. The Morgan fingerprint density at radius 1 is 1.24 bits per heavy atom. The van der Waals surface area contributed by atoms with Gasteiger partial charge in [-0.05, 0) is 48.6 Å². The van der Waals surface area contributed by atoms with E-state index >= 15 is 0 Å². The zero-order chi connectivity index (χ0) is 23.1. The number of H-pyrrole nitrogens is 1. The minimum absolute atomic E-state index is 0.0926. The Morgan fingerprint density at radius 2 is 2.09 bits per heavy atom. The van der Waals surface area contributed by atoms with Crippen molar-refractivity contribution in [2.45, 2.75) is 13.3 Å². The van der Waals surface area contributed by atoms with E-state index < -0.39 is 11.7 Å². The van der Waals surface area contributed by atoms with Crippen molar-refractivity contribution < 1.29 is 14.0 Å². The van der Waals surface area contributed by atoms with E-state index in [1.807, 2.05) is 11.4 Å². The third kappa shape index (κ3) is 3.90. The molecule has 10 heteroatoms. The average Bonchev–Trinajstić information content (AvgIpc) is 3.44. The molecule has 2 amide bonds. The first-order chi connectivity index (χ1) is 15.9. The van der Waals surface area contributed by atoms with Gasteiger partial charge in [-0.15, -0.1) is 11.3 Å². The molecule has 0 bridgehead atoms. The lowest BCUT2D eigenvalue weighted by Crippen LogP contribution is -2.32. The Kier molecular flexibility index (Phi) is 5.43. The highest BCUT2D eigenvalue weighted by Gasteiger charge is 2.27. The summed E-state index contributed by atoms with van der Waals surface area (Å²) >= 11 is 7.88. The van der Waals surface area contributed by atoms with Crippen LogP contribution in [0.5, 0.6) is 0 Å². The van der Waals surface area contributed by atoms with E-state index in [1.165, 1.54) is 35.7 Å².